The van der Waals surface area contributed by atoms with Crippen LogP contribution in [-0.4, -0.2) is 29.0 Å². The lowest BCUT2D eigenvalue weighted by Crippen LogP contribution is -2.29. The van der Waals surface area contributed by atoms with Crippen molar-refractivity contribution in [2.45, 2.75) is 12.8 Å². The number of ether oxygens (including phenoxy) is 1. The molecule has 3 aromatic rings. The summed E-state index contributed by atoms with van der Waals surface area (Å²) in [5.74, 6) is 0.395. The van der Waals surface area contributed by atoms with Crippen molar-refractivity contribution in [3.05, 3.63) is 64.7 Å². The highest BCUT2D eigenvalue weighted by Gasteiger charge is 2.06. The van der Waals surface area contributed by atoms with Crippen molar-refractivity contribution in [2.75, 3.05) is 13.2 Å². The second-order valence-electron chi connectivity index (χ2n) is 5.74. The first-order valence-corrected chi connectivity index (χ1v) is 9.37. The maximum Gasteiger partial charge on any atom is 0.257 e. The van der Waals surface area contributed by atoms with Crippen molar-refractivity contribution >= 4 is 17.2 Å². The largest absolute Gasteiger partial charge is 0.484 e. The summed E-state index contributed by atoms with van der Waals surface area (Å²) < 4.78 is 5.40. The van der Waals surface area contributed by atoms with Crippen molar-refractivity contribution in [1.29, 1.82) is 5.26 Å². The van der Waals surface area contributed by atoms with E-state index in [4.69, 9.17) is 10.00 Å². The highest BCUT2D eigenvalue weighted by Crippen LogP contribution is 2.21. The number of nitrogens with zero attached hydrogens (tertiary/aromatic N) is 3. The van der Waals surface area contributed by atoms with Crippen LogP contribution < -0.4 is 10.1 Å². The van der Waals surface area contributed by atoms with Gasteiger partial charge in [-0.25, -0.2) is 4.98 Å². The second-order valence-corrected chi connectivity index (χ2v) is 6.68. The molecule has 0 spiro atoms. The number of nitriles is 1. The smallest absolute Gasteiger partial charge is 0.257 e. The standard InChI is InChI=1S/C20H18N4O2S/c21-12-15-3-5-17(6-4-15)26-13-19(25)23-9-1-2-20-24-18(14-27-20)16-7-10-22-11-8-16/h3-8,10-11,14H,1-2,9,13H2,(H,23,25). The number of aromatic nitrogens is 2. The van der Waals surface area contributed by atoms with Gasteiger partial charge in [0.15, 0.2) is 6.61 Å². The van der Waals surface area contributed by atoms with E-state index in [-0.39, 0.29) is 12.5 Å². The van der Waals surface area contributed by atoms with Gasteiger partial charge in [0.2, 0.25) is 0 Å². The topological polar surface area (TPSA) is 87.9 Å². The number of aryl methyl sites for hydroxylation is 1. The number of rotatable bonds is 8. The molecule has 0 atom stereocenters. The molecule has 27 heavy (non-hydrogen) atoms. The lowest BCUT2D eigenvalue weighted by molar-refractivity contribution is -0.123. The van der Waals surface area contributed by atoms with Crippen LogP contribution in [-0.2, 0) is 11.2 Å². The molecule has 6 nitrogen and oxygen atoms in total. The Kier molecular flexibility index (Phi) is 6.50. The SMILES string of the molecule is N#Cc1ccc(OCC(=O)NCCCc2nc(-c3ccncc3)cs2)cc1. The van der Waals surface area contributed by atoms with Gasteiger partial charge in [-0.05, 0) is 42.8 Å². The lowest BCUT2D eigenvalue weighted by atomic mass is 10.2. The molecule has 0 aliphatic rings. The summed E-state index contributed by atoms with van der Waals surface area (Å²) in [6.07, 6.45) is 5.13. The van der Waals surface area contributed by atoms with Gasteiger partial charge < -0.3 is 10.1 Å². The van der Waals surface area contributed by atoms with Gasteiger partial charge in [-0.15, -0.1) is 11.3 Å². The number of carbonyl (C=O) groups excluding carboxylic acids is 1. The molecule has 7 heteroatoms. The molecule has 0 saturated heterocycles. The normalized spacial score (nSPS) is 10.2. The predicted octanol–water partition coefficient (Wildman–Crippen LogP) is 3.20. The first-order chi connectivity index (χ1) is 13.2. The van der Waals surface area contributed by atoms with Crippen LogP contribution in [0.1, 0.15) is 17.0 Å². The number of pyridine rings is 1. The summed E-state index contributed by atoms with van der Waals surface area (Å²) >= 11 is 1.62. The molecule has 0 aliphatic heterocycles. The van der Waals surface area contributed by atoms with E-state index in [1.54, 1.807) is 48.0 Å². The van der Waals surface area contributed by atoms with Crippen molar-refractivity contribution in [3.63, 3.8) is 0 Å². The highest BCUT2D eigenvalue weighted by atomic mass is 32.1. The van der Waals surface area contributed by atoms with Gasteiger partial charge >= 0.3 is 0 Å². The van der Waals surface area contributed by atoms with Crippen molar-refractivity contribution in [2.24, 2.45) is 0 Å². The maximum absolute atomic E-state index is 11.8. The zero-order chi connectivity index (χ0) is 18.9. The number of carbonyl (C=O) groups is 1. The molecule has 1 aromatic carbocycles. The Hall–Kier alpha value is -3.24. The Labute approximate surface area is 161 Å². The van der Waals surface area contributed by atoms with Crippen LogP contribution in [0.15, 0.2) is 54.2 Å². The number of benzene rings is 1. The van der Waals surface area contributed by atoms with Crippen LogP contribution in [0.3, 0.4) is 0 Å². The Morgan fingerprint density at radius 2 is 1.96 bits per heavy atom. The van der Waals surface area contributed by atoms with Gasteiger partial charge in [0.1, 0.15) is 5.75 Å². The maximum atomic E-state index is 11.8. The Balaban J connectivity index is 1.35. The molecule has 0 fully saturated rings. The molecule has 0 aliphatic carbocycles. The van der Waals surface area contributed by atoms with Crippen LogP contribution in [0, 0.1) is 11.3 Å². The number of thiazole rings is 1. The van der Waals surface area contributed by atoms with E-state index in [2.05, 4.69) is 15.3 Å². The van der Waals surface area contributed by atoms with E-state index in [9.17, 15) is 4.79 Å². The molecule has 1 amide bonds. The van der Waals surface area contributed by atoms with E-state index in [1.165, 1.54) is 0 Å². The van der Waals surface area contributed by atoms with Gasteiger partial charge in [0, 0.05) is 36.3 Å². The third-order valence-electron chi connectivity index (χ3n) is 3.77. The molecular weight excluding hydrogens is 360 g/mol. The van der Waals surface area contributed by atoms with Gasteiger partial charge in [-0.1, -0.05) is 0 Å². The summed E-state index contributed by atoms with van der Waals surface area (Å²) in [7, 11) is 0. The minimum atomic E-state index is -0.170. The van der Waals surface area contributed by atoms with E-state index in [0.717, 1.165) is 29.1 Å². The zero-order valence-electron chi connectivity index (χ0n) is 14.6. The predicted molar refractivity (Wildman–Crippen MR) is 103 cm³/mol. The Bertz CT molecular complexity index is 917. The van der Waals surface area contributed by atoms with Crippen LogP contribution >= 0.6 is 11.3 Å². The van der Waals surface area contributed by atoms with E-state index in [1.807, 2.05) is 23.6 Å². The molecule has 3 rings (SSSR count). The molecule has 2 aromatic heterocycles. The highest BCUT2D eigenvalue weighted by molar-refractivity contribution is 7.09. The van der Waals surface area contributed by atoms with Crippen molar-refractivity contribution in [1.82, 2.24) is 15.3 Å². The molecule has 136 valence electrons. The molecule has 1 N–H and O–H groups in total. The number of hydrogen-bond donors (Lipinski definition) is 1. The second kappa shape index (κ2) is 9.46. The monoisotopic (exact) mass is 378 g/mol. The van der Waals surface area contributed by atoms with Gasteiger partial charge in [-0.2, -0.15) is 5.26 Å². The molecule has 0 saturated carbocycles. The number of nitrogens with one attached hydrogen (secondary N) is 1. The number of hydrogen-bond acceptors (Lipinski definition) is 6. The molecule has 0 bridgehead atoms. The average Bonchev–Trinajstić information content (AvgIpc) is 3.20. The first-order valence-electron chi connectivity index (χ1n) is 8.49. The van der Waals surface area contributed by atoms with Gasteiger partial charge in [0.05, 0.1) is 22.3 Å². The van der Waals surface area contributed by atoms with E-state index in [0.29, 0.717) is 17.9 Å². The quantitative estimate of drug-likeness (QED) is 0.608. The fourth-order valence-electron chi connectivity index (χ4n) is 2.37. The van der Waals surface area contributed by atoms with E-state index >= 15 is 0 Å². The third kappa shape index (κ3) is 5.62. The van der Waals surface area contributed by atoms with Crippen molar-refractivity contribution in [3.8, 4) is 23.1 Å². The Morgan fingerprint density at radius 3 is 2.70 bits per heavy atom. The Morgan fingerprint density at radius 1 is 1.19 bits per heavy atom. The van der Waals surface area contributed by atoms with Gasteiger partial charge in [-0.3, -0.25) is 9.78 Å². The van der Waals surface area contributed by atoms with Crippen LogP contribution in [0.4, 0.5) is 0 Å². The van der Waals surface area contributed by atoms with Crippen LogP contribution in [0.25, 0.3) is 11.3 Å². The minimum absolute atomic E-state index is 0.0463. The van der Waals surface area contributed by atoms with Gasteiger partial charge in [0.25, 0.3) is 5.91 Å². The summed E-state index contributed by atoms with van der Waals surface area (Å²) in [5, 5.41) is 14.7. The summed E-state index contributed by atoms with van der Waals surface area (Å²) in [5.41, 5.74) is 2.57. The molecular formula is C20H18N4O2S. The van der Waals surface area contributed by atoms with E-state index < -0.39 is 0 Å². The summed E-state index contributed by atoms with van der Waals surface area (Å²) in [4.78, 5) is 20.5. The molecule has 2 heterocycles. The minimum Gasteiger partial charge on any atom is -0.484 e. The van der Waals surface area contributed by atoms with Crippen LogP contribution in [0.2, 0.25) is 0 Å². The third-order valence-corrected chi connectivity index (χ3v) is 4.68. The zero-order valence-corrected chi connectivity index (χ0v) is 15.4. The fraction of sp³-hybridized carbons (Fsp3) is 0.200. The summed E-state index contributed by atoms with van der Waals surface area (Å²) in [6.45, 7) is 0.523. The molecule has 0 unspecified atom stereocenters. The lowest BCUT2D eigenvalue weighted by Gasteiger charge is -2.07. The number of amides is 1. The van der Waals surface area contributed by atoms with Crippen molar-refractivity contribution < 1.29 is 9.53 Å². The average molecular weight is 378 g/mol. The molecule has 0 radical (unpaired) electrons. The fourth-order valence-corrected chi connectivity index (χ4v) is 3.22. The summed E-state index contributed by atoms with van der Waals surface area (Å²) in [6, 6.07) is 12.6. The first kappa shape index (κ1) is 18.5. The van der Waals surface area contributed by atoms with Crippen LogP contribution in [0.5, 0.6) is 5.75 Å².